The van der Waals surface area contributed by atoms with Gasteiger partial charge in [0.2, 0.25) is 0 Å². The molecule has 0 unspecified atom stereocenters. The van der Waals surface area contributed by atoms with E-state index in [1.165, 1.54) is 11.1 Å². The van der Waals surface area contributed by atoms with E-state index in [4.69, 9.17) is 15.2 Å². The number of rotatable bonds is 8. The number of esters is 1. The zero-order chi connectivity index (χ0) is 22.3. The Kier molecular flexibility index (Phi) is 8.46. The summed E-state index contributed by atoms with van der Waals surface area (Å²) in [6.07, 6.45) is -0.269. The Bertz CT molecular complexity index is 1040. The smallest absolute Gasteiger partial charge is 0.407 e. The van der Waals surface area contributed by atoms with Gasteiger partial charge in [-0.05, 0) is 34.2 Å². The molecule has 0 spiro atoms. The highest BCUT2D eigenvalue weighted by Gasteiger charge is 2.29. The number of nitrogens with two attached hydrogens (primary N) is 1. The van der Waals surface area contributed by atoms with Gasteiger partial charge in [0.05, 0.1) is 0 Å². The molecule has 3 aromatic carbocycles. The molecule has 0 heterocycles. The van der Waals surface area contributed by atoms with Crippen molar-refractivity contribution in [2.75, 3.05) is 13.2 Å². The van der Waals surface area contributed by atoms with Crippen molar-refractivity contribution in [3.05, 3.63) is 95.6 Å². The van der Waals surface area contributed by atoms with E-state index in [2.05, 4.69) is 29.6 Å². The molecule has 3 aromatic rings. The Morgan fingerprint density at radius 2 is 1.42 bits per heavy atom. The quantitative estimate of drug-likeness (QED) is 0.480. The van der Waals surface area contributed by atoms with Crippen molar-refractivity contribution in [2.45, 2.75) is 25.0 Å². The van der Waals surface area contributed by atoms with Gasteiger partial charge >= 0.3 is 12.1 Å². The zero-order valence-corrected chi connectivity index (χ0v) is 18.9. The van der Waals surface area contributed by atoms with Crippen LogP contribution in [0.4, 0.5) is 4.79 Å². The number of fused-ring (bicyclic) bond motifs is 3. The largest absolute Gasteiger partial charge is 0.460 e. The normalized spacial score (nSPS) is 12.6. The number of amides is 1. The van der Waals surface area contributed by atoms with Crippen molar-refractivity contribution < 1.29 is 19.1 Å². The van der Waals surface area contributed by atoms with Crippen LogP contribution in [0.25, 0.3) is 11.1 Å². The number of hydrogen-bond acceptors (Lipinski definition) is 5. The molecule has 0 radical (unpaired) electrons. The van der Waals surface area contributed by atoms with Gasteiger partial charge in [-0.15, -0.1) is 12.4 Å². The molecular formula is C26H27ClN2O4. The molecule has 0 aromatic heterocycles. The number of ether oxygens (including phenoxy) is 2. The number of carbonyl (C=O) groups is 2. The van der Waals surface area contributed by atoms with Crippen molar-refractivity contribution in [1.29, 1.82) is 0 Å². The van der Waals surface area contributed by atoms with Crippen LogP contribution >= 0.6 is 12.4 Å². The maximum Gasteiger partial charge on any atom is 0.407 e. The second kappa shape index (κ2) is 11.5. The van der Waals surface area contributed by atoms with Gasteiger partial charge in [0.1, 0.15) is 19.3 Å². The number of benzene rings is 3. The number of hydrogen-bond donors (Lipinski definition) is 2. The van der Waals surface area contributed by atoms with Gasteiger partial charge in [0, 0.05) is 12.5 Å². The van der Waals surface area contributed by atoms with Crippen molar-refractivity contribution in [3.63, 3.8) is 0 Å². The number of carbonyl (C=O) groups excluding carboxylic acids is 2. The fraction of sp³-hybridized carbons (Fsp3) is 0.231. The highest BCUT2D eigenvalue weighted by Crippen LogP contribution is 2.44. The summed E-state index contributed by atoms with van der Waals surface area (Å²) in [6, 6.07) is 24.9. The van der Waals surface area contributed by atoms with Crippen LogP contribution in [0, 0.1) is 0 Å². The summed E-state index contributed by atoms with van der Waals surface area (Å²) in [6.45, 7) is 0.635. The van der Waals surface area contributed by atoms with E-state index in [-0.39, 0.29) is 44.5 Å². The fourth-order valence-electron chi connectivity index (χ4n) is 3.93. The van der Waals surface area contributed by atoms with Crippen LogP contribution in [-0.4, -0.2) is 31.3 Å². The van der Waals surface area contributed by atoms with E-state index in [1.54, 1.807) is 0 Å². The minimum Gasteiger partial charge on any atom is -0.460 e. The molecule has 33 heavy (non-hydrogen) atoms. The molecule has 0 saturated carbocycles. The molecule has 0 saturated heterocycles. The first-order valence-electron chi connectivity index (χ1n) is 10.7. The van der Waals surface area contributed by atoms with Crippen molar-refractivity contribution >= 4 is 24.5 Å². The summed E-state index contributed by atoms with van der Waals surface area (Å²) in [5.74, 6) is -0.494. The van der Waals surface area contributed by atoms with Gasteiger partial charge in [-0.25, -0.2) is 4.79 Å². The van der Waals surface area contributed by atoms with Gasteiger partial charge in [-0.1, -0.05) is 78.9 Å². The molecule has 1 aliphatic carbocycles. The van der Waals surface area contributed by atoms with Gasteiger partial charge in [0.15, 0.2) is 0 Å². The number of nitrogens with one attached hydrogen (secondary N) is 1. The summed E-state index contributed by atoms with van der Waals surface area (Å²) < 4.78 is 10.7. The maximum atomic E-state index is 12.2. The highest BCUT2D eigenvalue weighted by atomic mass is 35.5. The minimum atomic E-state index is -0.812. The van der Waals surface area contributed by atoms with Crippen LogP contribution in [0.15, 0.2) is 78.9 Å². The molecule has 3 N–H and O–H groups in total. The molecule has 0 aliphatic heterocycles. The van der Waals surface area contributed by atoms with E-state index in [1.807, 2.05) is 54.6 Å². The second-order valence-electron chi connectivity index (χ2n) is 7.74. The summed E-state index contributed by atoms with van der Waals surface area (Å²) in [5, 5.41) is 2.67. The predicted molar refractivity (Wildman–Crippen MR) is 129 cm³/mol. The van der Waals surface area contributed by atoms with E-state index in [9.17, 15) is 9.59 Å². The summed E-state index contributed by atoms with van der Waals surface area (Å²) in [4.78, 5) is 24.2. The average molecular weight is 467 g/mol. The topological polar surface area (TPSA) is 90.6 Å². The molecular weight excluding hydrogens is 440 g/mol. The fourth-order valence-corrected chi connectivity index (χ4v) is 3.93. The van der Waals surface area contributed by atoms with Crippen LogP contribution < -0.4 is 11.1 Å². The molecule has 0 fully saturated rings. The Morgan fingerprint density at radius 1 is 0.848 bits per heavy atom. The monoisotopic (exact) mass is 466 g/mol. The first kappa shape index (κ1) is 24.3. The molecule has 7 heteroatoms. The van der Waals surface area contributed by atoms with Gasteiger partial charge in [-0.3, -0.25) is 4.79 Å². The van der Waals surface area contributed by atoms with Crippen LogP contribution in [0.3, 0.4) is 0 Å². The Hall–Kier alpha value is -3.35. The third-order valence-corrected chi connectivity index (χ3v) is 5.60. The van der Waals surface area contributed by atoms with E-state index in [0.717, 1.165) is 16.7 Å². The Balaban J connectivity index is 0.00000306. The van der Waals surface area contributed by atoms with Crippen molar-refractivity contribution in [3.8, 4) is 11.1 Å². The summed E-state index contributed by atoms with van der Waals surface area (Å²) in [7, 11) is 0. The molecule has 1 atom stereocenters. The lowest BCUT2D eigenvalue weighted by atomic mass is 9.98. The Morgan fingerprint density at radius 3 is 2.06 bits per heavy atom. The molecule has 4 rings (SSSR count). The second-order valence-corrected chi connectivity index (χ2v) is 7.74. The molecule has 1 aliphatic rings. The molecule has 6 nitrogen and oxygen atoms in total. The van der Waals surface area contributed by atoms with Crippen molar-refractivity contribution in [2.24, 2.45) is 5.73 Å². The highest BCUT2D eigenvalue weighted by molar-refractivity contribution is 5.85. The lowest BCUT2D eigenvalue weighted by Crippen LogP contribution is -2.37. The first-order valence-corrected chi connectivity index (χ1v) is 10.7. The minimum absolute atomic E-state index is 0. The lowest BCUT2D eigenvalue weighted by Gasteiger charge is -2.15. The third kappa shape index (κ3) is 5.92. The number of halogens is 1. The molecule has 1 amide bonds. The SMILES string of the molecule is Cl.N[C@@H](CCNC(=O)OCC1c2ccccc2-c2ccccc21)C(=O)OCc1ccccc1. The van der Waals surface area contributed by atoms with Crippen molar-refractivity contribution in [1.82, 2.24) is 5.32 Å². The predicted octanol–water partition coefficient (Wildman–Crippen LogP) is 4.41. The van der Waals surface area contributed by atoms with Crippen LogP contribution in [0.2, 0.25) is 0 Å². The van der Waals surface area contributed by atoms with Gasteiger partial charge < -0.3 is 20.5 Å². The van der Waals surface area contributed by atoms with Crippen LogP contribution in [0.1, 0.15) is 29.0 Å². The summed E-state index contributed by atoms with van der Waals surface area (Å²) in [5.41, 5.74) is 11.4. The average Bonchev–Trinajstić information content (AvgIpc) is 3.15. The zero-order valence-electron chi connectivity index (χ0n) is 18.1. The van der Waals surface area contributed by atoms with E-state index >= 15 is 0 Å². The van der Waals surface area contributed by atoms with Gasteiger partial charge in [-0.2, -0.15) is 0 Å². The van der Waals surface area contributed by atoms with Crippen LogP contribution in [0.5, 0.6) is 0 Å². The molecule has 172 valence electrons. The van der Waals surface area contributed by atoms with Crippen LogP contribution in [-0.2, 0) is 20.9 Å². The lowest BCUT2D eigenvalue weighted by molar-refractivity contribution is -0.146. The maximum absolute atomic E-state index is 12.2. The molecule has 0 bridgehead atoms. The standard InChI is InChI=1S/C26H26N2O4.ClH/c27-24(25(29)31-16-18-8-2-1-3-9-18)14-15-28-26(30)32-17-23-21-12-6-4-10-19(21)20-11-5-7-13-22(20)23;/h1-13,23-24H,14-17,27H2,(H,28,30);1H/t24-;/m0./s1. The Labute approximate surface area is 199 Å². The summed E-state index contributed by atoms with van der Waals surface area (Å²) >= 11 is 0. The first-order chi connectivity index (χ1) is 15.6. The van der Waals surface area contributed by atoms with E-state index < -0.39 is 18.1 Å². The van der Waals surface area contributed by atoms with E-state index in [0.29, 0.717) is 0 Å². The third-order valence-electron chi connectivity index (χ3n) is 5.60. The number of alkyl carbamates (subject to hydrolysis) is 1. The van der Waals surface area contributed by atoms with Gasteiger partial charge in [0.25, 0.3) is 0 Å².